The summed E-state index contributed by atoms with van der Waals surface area (Å²) in [6.07, 6.45) is 2.43. The third kappa shape index (κ3) is 7.98. The van der Waals surface area contributed by atoms with Crippen LogP contribution in [0.25, 0.3) is 10.8 Å². The van der Waals surface area contributed by atoms with Crippen molar-refractivity contribution in [3.63, 3.8) is 0 Å². The number of rotatable bonds is 8. The number of nitrogens with zero attached hydrogens (tertiary/aromatic N) is 1. The lowest BCUT2D eigenvalue weighted by Gasteiger charge is -2.30. The fourth-order valence-electron chi connectivity index (χ4n) is 2.62. The van der Waals surface area contributed by atoms with Gasteiger partial charge in [-0.05, 0) is 61.0 Å². The van der Waals surface area contributed by atoms with Crippen molar-refractivity contribution in [1.29, 1.82) is 0 Å². The Morgan fingerprint density at radius 1 is 1.07 bits per heavy atom. The van der Waals surface area contributed by atoms with E-state index in [1.165, 1.54) is 34.1 Å². The van der Waals surface area contributed by atoms with Gasteiger partial charge in [0.1, 0.15) is 0 Å². The Hall–Kier alpha value is -1.45. The summed E-state index contributed by atoms with van der Waals surface area (Å²) >= 11 is 1.84. The summed E-state index contributed by atoms with van der Waals surface area (Å²) < 4.78 is 2.44. The van der Waals surface area contributed by atoms with E-state index in [9.17, 15) is 0 Å². The molecule has 2 aromatic carbocycles. The molecule has 1 unspecified atom stereocenters. The number of hydrogen-bond donors (Lipinski definition) is 1. The average Bonchev–Trinajstić information content (AvgIpc) is 2.64. The quantitative estimate of drug-likeness (QED) is 0.490. The summed E-state index contributed by atoms with van der Waals surface area (Å²) in [7, 11) is 1.95. The average molecular weight is 387 g/mol. The maximum Gasteiger partial charge on any atom is 0.0567 e. The molecule has 0 aliphatic rings. The molecule has 0 aliphatic carbocycles. The van der Waals surface area contributed by atoms with Crippen LogP contribution in [0.15, 0.2) is 53.6 Å². The summed E-state index contributed by atoms with van der Waals surface area (Å²) in [6.45, 7) is 18.4. The molecule has 3 heteroatoms. The normalized spacial score (nSPS) is 12.0. The summed E-state index contributed by atoms with van der Waals surface area (Å²) in [5.41, 5.74) is 2.36. The van der Waals surface area contributed by atoms with Gasteiger partial charge in [-0.2, -0.15) is 0 Å². The standard InChI is InChI=1S/C21H30N2S.C3H8/c1-15(2)11-12-23(18(5)17(4)22-6)24-21-10-9-19-8-7-16(3)13-20(19)14-21;1-3-2/h7-10,13-15,18,22H,4,11-12H2,1-3,5-6H3;3H2,1-2H3. The van der Waals surface area contributed by atoms with Crippen LogP contribution in [-0.2, 0) is 0 Å². The molecule has 2 aromatic rings. The monoisotopic (exact) mass is 386 g/mol. The van der Waals surface area contributed by atoms with E-state index < -0.39 is 0 Å². The first-order valence-corrected chi connectivity index (χ1v) is 10.9. The molecule has 0 spiro atoms. The second-order valence-corrected chi connectivity index (χ2v) is 8.71. The summed E-state index contributed by atoms with van der Waals surface area (Å²) in [4.78, 5) is 1.28. The van der Waals surface area contributed by atoms with Crippen molar-refractivity contribution in [3.05, 3.63) is 54.2 Å². The minimum Gasteiger partial charge on any atom is -0.391 e. The van der Waals surface area contributed by atoms with Gasteiger partial charge >= 0.3 is 0 Å². The van der Waals surface area contributed by atoms with Crippen molar-refractivity contribution in [2.45, 2.75) is 65.3 Å². The Morgan fingerprint density at radius 3 is 2.30 bits per heavy atom. The molecule has 27 heavy (non-hydrogen) atoms. The van der Waals surface area contributed by atoms with Gasteiger partial charge in [0.05, 0.1) is 6.04 Å². The Kier molecular flexibility index (Phi) is 10.6. The van der Waals surface area contributed by atoms with Crippen molar-refractivity contribution in [3.8, 4) is 0 Å². The highest BCUT2D eigenvalue weighted by Crippen LogP contribution is 2.30. The van der Waals surface area contributed by atoms with Gasteiger partial charge in [-0.25, -0.2) is 4.31 Å². The second-order valence-electron chi connectivity index (χ2n) is 7.59. The van der Waals surface area contributed by atoms with Gasteiger partial charge < -0.3 is 5.32 Å². The Labute approximate surface area is 171 Å². The molecule has 0 bridgehead atoms. The van der Waals surface area contributed by atoms with Crippen molar-refractivity contribution in [2.24, 2.45) is 5.92 Å². The second kappa shape index (κ2) is 12.1. The van der Waals surface area contributed by atoms with Gasteiger partial charge in [0, 0.05) is 24.2 Å². The lowest BCUT2D eigenvalue weighted by atomic mass is 10.1. The zero-order valence-corrected chi connectivity index (χ0v) is 19.1. The summed E-state index contributed by atoms with van der Waals surface area (Å²) in [5, 5.41) is 5.81. The van der Waals surface area contributed by atoms with E-state index in [1.807, 2.05) is 19.0 Å². The molecule has 2 rings (SSSR count). The molecule has 150 valence electrons. The Morgan fingerprint density at radius 2 is 1.70 bits per heavy atom. The molecule has 0 aromatic heterocycles. The first-order chi connectivity index (χ1) is 12.8. The Balaban J connectivity index is 0.00000114. The van der Waals surface area contributed by atoms with Crippen molar-refractivity contribution in [2.75, 3.05) is 13.6 Å². The molecule has 0 saturated heterocycles. The van der Waals surface area contributed by atoms with Crippen LogP contribution in [0.4, 0.5) is 0 Å². The molecule has 0 radical (unpaired) electrons. The number of likely N-dealkylation sites (N-methyl/N-ethyl adjacent to an activating group) is 1. The highest BCUT2D eigenvalue weighted by atomic mass is 32.2. The van der Waals surface area contributed by atoms with Gasteiger partial charge in [-0.15, -0.1) is 0 Å². The minimum absolute atomic E-state index is 0.284. The van der Waals surface area contributed by atoms with Crippen LogP contribution in [0.2, 0.25) is 0 Å². The number of hydrogen-bond acceptors (Lipinski definition) is 3. The minimum atomic E-state index is 0.284. The zero-order chi connectivity index (χ0) is 20.4. The van der Waals surface area contributed by atoms with E-state index in [2.05, 4.69) is 94.1 Å². The topological polar surface area (TPSA) is 15.3 Å². The van der Waals surface area contributed by atoms with Crippen LogP contribution >= 0.6 is 11.9 Å². The van der Waals surface area contributed by atoms with Gasteiger partial charge in [0.15, 0.2) is 0 Å². The molecule has 0 heterocycles. The van der Waals surface area contributed by atoms with Crippen LogP contribution in [-0.4, -0.2) is 23.9 Å². The van der Waals surface area contributed by atoms with E-state index in [1.54, 1.807) is 0 Å². The van der Waals surface area contributed by atoms with Gasteiger partial charge in [0.25, 0.3) is 0 Å². The SMILES string of the molecule is C=C(NC)C(C)N(CCC(C)C)Sc1ccc2ccc(C)cc2c1.CCC. The van der Waals surface area contributed by atoms with Gasteiger partial charge in [0.2, 0.25) is 0 Å². The van der Waals surface area contributed by atoms with E-state index >= 15 is 0 Å². The van der Waals surface area contributed by atoms with Crippen LogP contribution in [0.1, 0.15) is 53.0 Å². The molecule has 0 amide bonds. The number of benzene rings is 2. The van der Waals surface area contributed by atoms with Crippen molar-refractivity contribution in [1.82, 2.24) is 9.62 Å². The predicted molar refractivity (Wildman–Crippen MR) is 124 cm³/mol. The lowest BCUT2D eigenvalue weighted by Crippen LogP contribution is -2.33. The molecule has 0 fully saturated rings. The van der Waals surface area contributed by atoms with Gasteiger partial charge in [-0.3, -0.25) is 0 Å². The van der Waals surface area contributed by atoms with E-state index in [0.717, 1.165) is 12.2 Å². The Bertz CT molecular complexity index is 709. The maximum atomic E-state index is 4.16. The number of fused-ring (bicyclic) bond motifs is 1. The fraction of sp³-hybridized carbons (Fsp3) is 0.500. The molecule has 0 saturated carbocycles. The molecule has 2 nitrogen and oxygen atoms in total. The first kappa shape index (κ1) is 23.6. The van der Waals surface area contributed by atoms with E-state index in [4.69, 9.17) is 0 Å². The summed E-state index contributed by atoms with van der Waals surface area (Å²) in [6, 6.07) is 13.6. The molecule has 0 aliphatic heterocycles. The van der Waals surface area contributed by atoms with Crippen LogP contribution in [0, 0.1) is 12.8 Å². The number of nitrogens with one attached hydrogen (secondary N) is 1. The van der Waals surface area contributed by atoms with Gasteiger partial charge in [-0.1, -0.05) is 70.5 Å². The maximum absolute atomic E-state index is 4.16. The third-order valence-electron chi connectivity index (χ3n) is 4.37. The molecule has 1 N–H and O–H groups in total. The highest BCUT2D eigenvalue weighted by molar-refractivity contribution is 7.97. The zero-order valence-electron chi connectivity index (χ0n) is 18.3. The summed E-state index contributed by atoms with van der Waals surface area (Å²) in [5.74, 6) is 0.697. The fourth-order valence-corrected chi connectivity index (χ4v) is 3.68. The third-order valence-corrected chi connectivity index (χ3v) is 5.57. The van der Waals surface area contributed by atoms with E-state index in [0.29, 0.717) is 5.92 Å². The number of aryl methyl sites for hydroxylation is 1. The lowest BCUT2D eigenvalue weighted by molar-refractivity contribution is 0.370. The molecular weight excluding hydrogens is 348 g/mol. The first-order valence-electron chi connectivity index (χ1n) is 10.1. The molecule has 1 atom stereocenters. The molecular formula is C24H38N2S. The van der Waals surface area contributed by atoms with Crippen molar-refractivity contribution < 1.29 is 0 Å². The van der Waals surface area contributed by atoms with Crippen molar-refractivity contribution >= 4 is 22.7 Å². The van der Waals surface area contributed by atoms with E-state index in [-0.39, 0.29) is 6.04 Å². The van der Waals surface area contributed by atoms with Crippen LogP contribution in [0.5, 0.6) is 0 Å². The largest absolute Gasteiger partial charge is 0.391 e. The smallest absolute Gasteiger partial charge is 0.0567 e. The highest BCUT2D eigenvalue weighted by Gasteiger charge is 2.18. The van der Waals surface area contributed by atoms with Crippen LogP contribution in [0.3, 0.4) is 0 Å². The predicted octanol–water partition coefficient (Wildman–Crippen LogP) is 7.04. The van der Waals surface area contributed by atoms with Crippen LogP contribution < -0.4 is 5.32 Å².